The summed E-state index contributed by atoms with van der Waals surface area (Å²) in [5.74, 6) is 1.09. The first-order valence-electron chi connectivity index (χ1n) is 9.29. The van der Waals surface area contributed by atoms with Gasteiger partial charge in [0.05, 0.1) is 12.8 Å². The zero-order chi connectivity index (χ0) is 20.1. The van der Waals surface area contributed by atoms with Gasteiger partial charge in [-0.05, 0) is 48.2 Å². The number of nitrogens with zero attached hydrogens (tertiary/aromatic N) is 2. The van der Waals surface area contributed by atoms with Crippen molar-refractivity contribution < 1.29 is 9.53 Å². The smallest absolute Gasteiger partial charge is 0.319 e. The van der Waals surface area contributed by atoms with Gasteiger partial charge < -0.3 is 19.9 Å². The first kappa shape index (κ1) is 20.0. The van der Waals surface area contributed by atoms with E-state index in [1.807, 2.05) is 12.3 Å². The Balaban J connectivity index is 1.64. The number of methoxy groups -OCH3 is 1. The average Bonchev–Trinajstić information content (AvgIpc) is 2.99. The molecule has 0 atom stereocenters. The number of urea groups is 1. The Kier molecular flexibility index (Phi) is 6.41. The van der Waals surface area contributed by atoms with Crippen molar-refractivity contribution in [3.05, 3.63) is 53.3 Å². The fraction of sp³-hybridized carbons (Fsp3) is 0.333. The zero-order valence-corrected chi connectivity index (χ0v) is 17.1. The summed E-state index contributed by atoms with van der Waals surface area (Å²) in [4.78, 5) is 16.8. The van der Waals surface area contributed by atoms with E-state index in [1.54, 1.807) is 25.3 Å². The summed E-state index contributed by atoms with van der Waals surface area (Å²) < 4.78 is 7.43. The second-order valence-electron chi connectivity index (χ2n) is 7.05. The Morgan fingerprint density at radius 2 is 2.14 bits per heavy atom. The minimum atomic E-state index is -0.301. The van der Waals surface area contributed by atoms with Gasteiger partial charge in [0.1, 0.15) is 11.4 Å². The van der Waals surface area contributed by atoms with Gasteiger partial charge in [0.2, 0.25) is 0 Å². The van der Waals surface area contributed by atoms with Crippen molar-refractivity contribution in [3.63, 3.8) is 0 Å². The highest BCUT2D eigenvalue weighted by Crippen LogP contribution is 2.27. The molecule has 0 saturated carbocycles. The number of amides is 2. The van der Waals surface area contributed by atoms with Crippen LogP contribution in [0.25, 0.3) is 11.0 Å². The maximum Gasteiger partial charge on any atom is 0.319 e. The van der Waals surface area contributed by atoms with E-state index in [1.165, 1.54) is 5.56 Å². The number of halogens is 1. The summed E-state index contributed by atoms with van der Waals surface area (Å²) in [6.45, 7) is 5.79. The van der Waals surface area contributed by atoms with Crippen LogP contribution in [0.1, 0.15) is 19.4 Å². The highest BCUT2D eigenvalue weighted by atomic mass is 35.5. The number of hydrogen-bond acceptors (Lipinski definition) is 3. The van der Waals surface area contributed by atoms with E-state index in [0.717, 1.165) is 17.6 Å². The van der Waals surface area contributed by atoms with Crippen molar-refractivity contribution in [2.24, 2.45) is 5.92 Å². The Bertz CT molecular complexity index is 968. The van der Waals surface area contributed by atoms with E-state index in [-0.39, 0.29) is 6.03 Å². The van der Waals surface area contributed by atoms with Crippen LogP contribution in [0.2, 0.25) is 5.02 Å². The molecule has 0 saturated heterocycles. The Morgan fingerprint density at radius 1 is 1.32 bits per heavy atom. The third-order valence-electron chi connectivity index (χ3n) is 4.37. The molecule has 2 aromatic heterocycles. The van der Waals surface area contributed by atoms with E-state index in [9.17, 15) is 4.79 Å². The third kappa shape index (κ3) is 4.75. The van der Waals surface area contributed by atoms with Gasteiger partial charge in [-0.1, -0.05) is 25.4 Å². The molecule has 0 aliphatic carbocycles. The number of carbonyl (C=O) groups is 1. The number of pyridine rings is 1. The van der Waals surface area contributed by atoms with Crippen LogP contribution in [0.15, 0.2) is 42.7 Å². The molecule has 0 aliphatic rings. The average molecular weight is 401 g/mol. The number of fused-ring (bicyclic) bond motifs is 1. The van der Waals surface area contributed by atoms with Crippen molar-refractivity contribution >= 4 is 34.4 Å². The predicted molar refractivity (Wildman–Crippen MR) is 113 cm³/mol. The summed E-state index contributed by atoms with van der Waals surface area (Å²) in [6, 6.07) is 8.80. The van der Waals surface area contributed by atoms with E-state index in [4.69, 9.17) is 16.3 Å². The molecule has 2 amide bonds. The van der Waals surface area contributed by atoms with Crippen molar-refractivity contribution in [2.45, 2.75) is 26.8 Å². The first-order chi connectivity index (χ1) is 13.5. The van der Waals surface area contributed by atoms with Gasteiger partial charge in [0.25, 0.3) is 0 Å². The largest absolute Gasteiger partial charge is 0.495 e. The molecule has 148 valence electrons. The molecule has 3 rings (SSSR count). The lowest BCUT2D eigenvalue weighted by Gasteiger charge is -2.11. The molecule has 0 fully saturated rings. The van der Waals surface area contributed by atoms with Gasteiger partial charge in [-0.25, -0.2) is 9.78 Å². The SMILES string of the molecule is COc1ccc(Cl)cc1NC(=O)NCCc1cn(CC(C)C)c2ncccc12. The minimum absolute atomic E-state index is 0.301. The quantitative estimate of drug-likeness (QED) is 0.603. The van der Waals surface area contributed by atoms with Crippen LogP contribution < -0.4 is 15.4 Å². The van der Waals surface area contributed by atoms with E-state index in [2.05, 4.69) is 46.3 Å². The Labute approximate surface area is 169 Å². The lowest BCUT2D eigenvalue weighted by molar-refractivity contribution is 0.252. The van der Waals surface area contributed by atoms with Crippen LogP contribution in [0.3, 0.4) is 0 Å². The predicted octanol–water partition coefficient (Wildman–Crippen LogP) is 4.72. The normalized spacial score (nSPS) is 11.0. The molecule has 6 nitrogen and oxygen atoms in total. The van der Waals surface area contributed by atoms with Crippen molar-refractivity contribution in [3.8, 4) is 5.75 Å². The third-order valence-corrected chi connectivity index (χ3v) is 4.60. The molecule has 3 aromatic rings. The number of aromatic nitrogens is 2. The lowest BCUT2D eigenvalue weighted by atomic mass is 10.1. The van der Waals surface area contributed by atoms with Gasteiger partial charge in [-0.3, -0.25) is 0 Å². The van der Waals surface area contributed by atoms with Crippen LogP contribution in [0.4, 0.5) is 10.5 Å². The monoisotopic (exact) mass is 400 g/mol. The number of hydrogen-bond donors (Lipinski definition) is 2. The summed E-state index contributed by atoms with van der Waals surface area (Å²) in [7, 11) is 1.55. The number of anilines is 1. The molecule has 1 aromatic carbocycles. The molecular formula is C21H25ClN4O2. The molecule has 0 radical (unpaired) electrons. The van der Waals surface area contributed by atoms with E-state index in [0.29, 0.717) is 35.3 Å². The number of rotatable bonds is 7. The molecule has 28 heavy (non-hydrogen) atoms. The summed E-state index contributed by atoms with van der Waals surface area (Å²) in [5, 5.41) is 7.32. The zero-order valence-electron chi connectivity index (χ0n) is 16.3. The van der Waals surface area contributed by atoms with Crippen LogP contribution in [0.5, 0.6) is 5.75 Å². The van der Waals surface area contributed by atoms with Crippen LogP contribution in [-0.2, 0) is 13.0 Å². The standard InChI is InChI=1S/C21H25ClN4O2/c1-14(2)12-26-13-15(17-5-4-9-23-20(17)26)8-10-24-21(27)25-18-11-16(22)6-7-19(18)28-3/h4-7,9,11,13-14H,8,10,12H2,1-3H3,(H2,24,25,27). The lowest BCUT2D eigenvalue weighted by Crippen LogP contribution is -2.30. The number of benzene rings is 1. The maximum atomic E-state index is 12.3. The topological polar surface area (TPSA) is 68.2 Å². The van der Waals surface area contributed by atoms with Gasteiger partial charge in [-0.15, -0.1) is 0 Å². The molecule has 2 N–H and O–H groups in total. The number of carbonyl (C=O) groups excluding carboxylic acids is 1. The molecule has 0 spiro atoms. The maximum absolute atomic E-state index is 12.3. The highest BCUT2D eigenvalue weighted by Gasteiger charge is 2.12. The number of ether oxygens (including phenoxy) is 1. The van der Waals surface area contributed by atoms with E-state index >= 15 is 0 Å². The second kappa shape index (κ2) is 8.97. The van der Waals surface area contributed by atoms with Crippen molar-refractivity contribution in [1.82, 2.24) is 14.9 Å². The van der Waals surface area contributed by atoms with Gasteiger partial charge in [0, 0.05) is 35.9 Å². The summed E-state index contributed by atoms with van der Waals surface area (Å²) in [5.41, 5.74) is 2.69. The van der Waals surface area contributed by atoms with Crippen LogP contribution in [0, 0.1) is 5.92 Å². The van der Waals surface area contributed by atoms with Gasteiger partial charge >= 0.3 is 6.03 Å². The molecule has 0 bridgehead atoms. The molecule has 0 aliphatic heterocycles. The van der Waals surface area contributed by atoms with Gasteiger partial charge in [0.15, 0.2) is 0 Å². The minimum Gasteiger partial charge on any atom is -0.495 e. The fourth-order valence-corrected chi connectivity index (χ4v) is 3.35. The molecule has 2 heterocycles. The fourth-order valence-electron chi connectivity index (χ4n) is 3.18. The Hall–Kier alpha value is -2.73. The van der Waals surface area contributed by atoms with E-state index < -0.39 is 0 Å². The van der Waals surface area contributed by atoms with Crippen molar-refractivity contribution in [1.29, 1.82) is 0 Å². The number of nitrogens with one attached hydrogen (secondary N) is 2. The molecule has 0 unspecified atom stereocenters. The van der Waals surface area contributed by atoms with Gasteiger partial charge in [-0.2, -0.15) is 0 Å². The highest BCUT2D eigenvalue weighted by molar-refractivity contribution is 6.31. The molecule has 7 heteroatoms. The second-order valence-corrected chi connectivity index (χ2v) is 7.49. The van der Waals surface area contributed by atoms with Crippen molar-refractivity contribution in [2.75, 3.05) is 19.0 Å². The first-order valence-corrected chi connectivity index (χ1v) is 9.67. The Morgan fingerprint density at radius 3 is 2.89 bits per heavy atom. The summed E-state index contributed by atoms with van der Waals surface area (Å²) >= 11 is 6.00. The molecular weight excluding hydrogens is 376 g/mol. The van der Waals surface area contributed by atoms with Crippen LogP contribution in [-0.4, -0.2) is 29.2 Å². The van der Waals surface area contributed by atoms with Crippen LogP contribution >= 0.6 is 11.6 Å². The summed E-state index contributed by atoms with van der Waals surface area (Å²) in [6.07, 6.45) is 4.66.